The molecule has 31 heavy (non-hydrogen) atoms. The first-order valence-corrected chi connectivity index (χ1v) is 11.0. The van der Waals surface area contributed by atoms with Crippen molar-refractivity contribution in [3.63, 3.8) is 0 Å². The molecule has 1 aromatic heterocycles. The van der Waals surface area contributed by atoms with Crippen LogP contribution in [0, 0.1) is 11.6 Å². The highest BCUT2D eigenvalue weighted by molar-refractivity contribution is 7.10. The molecule has 1 aliphatic heterocycles. The van der Waals surface area contributed by atoms with Gasteiger partial charge in [0.25, 0.3) is 5.91 Å². The lowest BCUT2D eigenvalue weighted by Gasteiger charge is -2.48. The van der Waals surface area contributed by atoms with Gasteiger partial charge in [0.2, 0.25) is 0 Å². The lowest BCUT2D eigenvalue weighted by atomic mass is 9.81. The van der Waals surface area contributed by atoms with Crippen molar-refractivity contribution in [3.8, 4) is 0 Å². The van der Waals surface area contributed by atoms with E-state index in [1.807, 2.05) is 23.6 Å². The van der Waals surface area contributed by atoms with Crippen LogP contribution in [-0.2, 0) is 6.54 Å². The minimum absolute atomic E-state index is 0.295. The smallest absolute Gasteiger partial charge is 0.251 e. The minimum atomic E-state index is -1.15. The minimum Gasteiger partial charge on any atom is -0.388 e. The van der Waals surface area contributed by atoms with E-state index in [1.54, 1.807) is 24.3 Å². The Hall–Kier alpha value is -2.61. The van der Waals surface area contributed by atoms with Gasteiger partial charge >= 0.3 is 0 Å². The topological polar surface area (TPSA) is 52.6 Å². The first-order valence-electron chi connectivity index (χ1n) is 10.1. The molecule has 1 amide bonds. The highest BCUT2D eigenvalue weighted by atomic mass is 32.1. The maximum atomic E-state index is 13.7. The third-order valence-corrected chi connectivity index (χ3v) is 6.73. The zero-order valence-electron chi connectivity index (χ0n) is 17.1. The van der Waals surface area contributed by atoms with E-state index in [1.165, 1.54) is 36.4 Å². The summed E-state index contributed by atoms with van der Waals surface area (Å²) in [4.78, 5) is 16.1. The van der Waals surface area contributed by atoms with Crippen LogP contribution in [0.5, 0.6) is 0 Å². The molecule has 0 spiro atoms. The lowest BCUT2D eigenvalue weighted by Crippen LogP contribution is -2.62. The largest absolute Gasteiger partial charge is 0.388 e. The van der Waals surface area contributed by atoms with E-state index < -0.39 is 17.5 Å². The number of halogens is 2. The number of hydrogen-bond acceptors (Lipinski definition) is 4. The van der Waals surface area contributed by atoms with Crippen LogP contribution in [0.4, 0.5) is 8.78 Å². The summed E-state index contributed by atoms with van der Waals surface area (Å²) < 4.78 is 27.0. The quantitative estimate of drug-likeness (QED) is 0.611. The second-order valence-electron chi connectivity index (χ2n) is 8.13. The van der Waals surface area contributed by atoms with Crippen LogP contribution in [0.2, 0.25) is 0 Å². The summed E-state index contributed by atoms with van der Waals surface area (Å²) in [6.45, 7) is 2.80. The molecule has 162 valence electrons. The molecule has 0 saturated carbocycles. The Labute approximate surface area is 184 Å². The second kappa shape index (κ2) is 8.86. The summed E-state index contributed by atoms with van der Waals surface area (Å²) in [5, 5.41) is 16.2. The maximum absolute atomic E-state index is 13.7. The molecule has 0 bridgehead atoms. The third kappa shape index (κ3) is 4.84. The molecule has 0 unspecified atom stereocenters. The van der Waals surface area contributed by atoms with E-state index in [4.69, 9.17) is 0 Å². The number of thiophene rings is 1. The molecule has 2 N–H and O–H groups in total. The number of likely N-dealkylation sites (tertiary alicyclic amines) is 1. The number of nitrogens with one attached hydrogen (secondary N) is 1. The number of carbonyl (C=O) groups excluding carboxylic acids is 1. The molecule has 7 heteroatoms. The van der Waals surface area contributed by atoms with Gasteiger partial charge in [-0.3, -0.25) is 9.69 Å². The highest BCUT2D eigenvalue weighted by Crippen LogP contribution is 2.39. The molecule has 4 rings (SSSR count). The Morgan fingerprint density at radius 1 is 1.16 bits per heavy atom. The fourth-order valence-electron chi connectivity index (χ4n) is 4.13. The second-order valence-corrected chi connectivity index (χ2v) is 9.11. The molecule has 3 atom stereocenters. The predicted octanol–water partition coefficient (Wildman–Crippen LogP) is 4.52. The van der Waals surface area contributed by atoms with Gasteiger partial charge in [0.05, 0.1) is 17.7 Å². The van der Waals surface area contributed by atoms with Crippen molar-refractivity contribution in [1.82, 2.24) is 10.2 Å². The van der Waals surface area contributed by atoms with Gasteiger partial charge in [-0.05, 0) is 66.8 Å². The van der Waals surface area contributed by atoms with E-state index in [2.05, 4.69) is 10.2 Å². The zero-order valence-corrected chi connectivity index (χ0v) is 17.9. The van der Waals surface area contributed by atoms with Gasteiger partial charge in [0.1, 0.15) is 11.6 Å². The van der Waals surface area contributed by atoms with Gasteiger partial charge < -0.3 is 10.4 Å². The molecule has 0 aliphatic carbocycles. The summed E-state index contributed by atoms with van der Waals surface area (Å²) in [5.41, 5.74) is -0.000854. The van der Waals surface area contributed by atoms with E-state index in [0.29, 0.717) is 25.1 Å². The number of amides is 1. The molecule has 1 saturated heterocycles. The summed E-state index contributed by atoms with van der Waals surface area (Å²) in [5.74, 6) is -1.09. The summed E-state index contributed by atoms with van der Waals surface area (Å²) in [6.07, 6.45) is 0.443. The summed E-state index contributed by atoms with van der Waals surface area (Å²) >= 11 is 1.55. The van der Waals surface area contributed by atoms with Crippen molar-refractivity contribution in [2.75, 3.05) is 6.54 Å². The van der Waals surface area contributed by atoms with Gasteiger partial charge in [0.15, 0.2) is 0 Å². The third-order valence-electron chi connectivity index (χ3n) is 5.79. The number of carbonyl (C=O) groups is 1. The van der Waals surface area contributed by atoms with Crippen LogP contribution >= 0.6 is 11.3 Å². The number of rotatable bonds is 5. The van der Waals surface area contributed by atoms with Gasteiger partial charge in [-0.25, -0.2) is 8.78 Å². The Bertz CT molecular complexity index is 1040. The molecule has 3 aromatic rings. The zero-order chi connectivity index (χ0) is 22.0. The maximum Gasteiger partial charge on any atom is 0.251 e. The average molecular weight is 443 g/mol. The van der Waals surface area contributed by atoms with E-state index in [9.17, 15) is 18.7 Å². The van der Waals surface area contributed by atoms with Crippen molar-refractivity contribution >= 4 is 17.2 Å². The number of nitrogens with zero attached hydrogens (tertiary/aromatic N) is 1. The molecule has 2 aromatic carbocycles. The number of piperidine rings is 1. The number of aliphatic hydroxyl groups is 1. The van der Waals surface area contributed by atoms with Gasteiger partial charge in [0, 0.05) is 23.5 Å². The Balaban J connectivity index is 1.65. The van der Waals surface area contributed by atoms with Crippen LogP contribution < -0.4 is 5.32 Å². The highest BCUT2D eigenvalue weighted by Gasteiger charge is 2.46. The van der Waals surface area contributed by atoms with Crippen LogP contribution in [-0.4, -0.2) is 34.1 Å². The molecular formula is C24H24F2N2O2S. The SMILES string of the molecule is C[C@@]1(O)CCN(Cc2cccc(F)c2)[C@@H](c2cccs2)[C@@H]1NC(=O)c1ccc(F)cc1. The monoisotopic (exact) mass is 442 g/mol. The number of hydrogen-bond donors (Lipinski definition) is 2. The van der Waals surface area contributed by atoms with Crippen LogP contribution in [0.3, 0.4) is 0 Å². The first kappa shape index (κ1) is 21.6. The van der Waals surface area contributed by atoms with Crippen molar-refractivity contribution in [2.45, 2.75) is 37.6 Å². The molecule has 0 radical (unpaired) electrons. The first-order chi connectivity index (χ1) is 14.8. The number of benzene rings is 2. The van der Waals surface area contributed by atoms with Crippen molar-refractivity contribution in [3.05, 3.63) is 93.7 Å². The van der Waals surface area contributed by atoms with Gasteiger partial charge in [-0.1, -0.05) is 18.2 Å². The Morgan fingerprint density at radius 2 is 1.94 bits per heavy atom. The molecule has 1 fully saturated rings. The van der Waals surface area contributed by atoms with E-state index in [0.717, 1.165) is 10.4 Å². The van der Waals surface area contributed by atoms with Gasteiger partial charge in [-0.15, -0.1) is 11.3 Å². The molecular weight excluding hydrogens is 418 g/mol. The molecule has 1 aliphatic rings. The summed E-state index contributed by atoms with van der Waals surface area (Å²) in [7, 11) is 0. The van der Waals surface area contributed by atoms with Crippen molar-refractivity contribution in [1.29, 1.82) is 0 Å². The Kier molecular flexibility index (Phi) is 6.18. The van der Waals surface area contributed by atoms with Gasteiger partial charge in [-0.2, -0.15) is 0 Å². The van der Waals surface area contributed by atoms with Crippen molar-refractivity contribution < 1.29 is 18.7 Å². The Morgan fingerprint density at radius 3 is 2.61 bits per heavy atom. The van der Waals surface area contributed by atoms with Crippen LogP contribution in [0.15, 0.2) is 66.0 Å². The van der Waals surface area contributed by atoms with Crippen molar-refractivity contribution in [2.24, 2.45) is 0 Å². The van der Waals surface area contributed by atoms with Crippen LogP contribution in [0.1, 0.15) is 40.2 Å². The molecule has 4 nitrogen and oxygen atoms in total. The fourth-order valence-corrected chi connectivity index (χ4v) is 5.02. The molecule has 2 heterocycles. The summed E-state index contributed by atoms with van der Waals surface area (Å²) in [6, 6.07) is 14.8. The standard InChI is InChI=1S/C24H24F2N2O2S/c1-24(30)11-12-28(15-16-4-2-5-19(26)14-16)21(20-6-3-13-31-20)22(24)27-23(29)17-7-9-18(25)10-8-17/h2-10,13-14,21-22,30H,11-12,15H2,1H3,(H,27,29)/t21-,22-,24+/m0/s1. The predicted molar refractivity (Wildman–Crippen MR) is 117 cm³/mol. The fraction of sp³-hybridized carbons (Fsp3) is 0.292. The lowest BCUT2D eigenvalue weighted by molar-refractivity contribution is -0.0656. The van der Waals surface area contributed by atoms with E-state index in [-0.39, 0.29) is 17.8 Å². The normalized spacial score (nSPS) is 24.1. The van der Waals surface area contributed by atoms with E-state index >= 15 is 0 Å². The average Bonchev–Trinajstić information content (AvgIpc) is 3.25. The van der Waals surface area contributed by atoms with Crippen LogP contribution in [0.25, 0.3) is 0 Å².